The first-order chi connectivity index (χ1) is 9.11. The first-order valence-electron chi connectivity index (χ1n) is 5.57. The maximum Gasteiger partial charge on any atom is 0.308 e. The molecule has 3 aromatic rings. The van der Waals surface area contributed by atoms with Gasteiger partial charge in [0.05, 0.1) is 12.1 Å². The summed E-state index contributed by atoms with van der Waals surface area (Å²) in [5.74, 6) is -0.817. The van der Waals surface area contributed by atoms with Crippen molar-refractivity contribution in [3.8, 4) is 11.3 Å². The summed E-state index contributed by atoms with van der Waals surface area (Å²) in [5.41, 5.74) is 1.97. The van der Waals surface area contributed by atoms with E-state index in [4.69, 9.17) is 5.11 Å². The van der Waals surface area contributed by atoms with Crippen molar-refractivity contribution in [1.82, 2.24) is 9.38 Å². The molecule has 19 heavy (non-hydrogen) atoms. The Balaban J connectivity index is 1.96. The highest BCUT2D eigenvalue weighted by atomic mass is 127. The Hall–Kier alpha value is -1.41. The number of benzene rings is 1. The third-order valence-corrected chi connectivity index (χ3v) is 4.39. The number of hydrogen-bond donors (Lipinski definition) is 1. The van der Waals surface area contributed by atoms with Crippen LogP contribution in [0.5, 0.6) is 0 Å². The minimum atomic E-state index is -0.817. The standard InChI is InChI=1S/C13H9IN2O2S/c14-9-3-1-8(2-4-9)11-7-16-6-10(5-12(17)18)19-13(16)15-11/h1-4,6-7H,5H2,(H,17,18). The highest BCUT2D eigenvalue weighted by Crippen LogP contribution is 2.24. The van der Waals surface area contributed by atoms with E-state index in [0.29, 0.717) is 0 Å². The van der Waals surface area contributed by atoms with Crippen molar-refractivity contribution in [1.29, 1.82) is 0 Å². The van der Waals surface area contributed by atoms with Gasteiger partial charge in [-0.2, -0.15) is 0 Å². The fourth-order valence-corrected chi connectivity index (χ4v) is 3.14. The number of halogens is 1. The highest BCUT2D eigenvalue weighted by molar-refractivity contribution is 14.1. The van der Waals surface area contributed by atoms with Gasteiger partial charge in [0.2, 0.25) is 0 Å². The lowest BCUT2D eigenvalue weighted by atomic mass is 10.2. The zero-order valence-corrected chi connectivity index (χ0v) is 12.7. The Bertz CT molecular complexity index is 714. The van der Waals surface area contributed by atoms with E-state index in [2.05, 4.69) is 27.6 Å². The van der Waals surface area contributed by atoms with Crippen LogP contribution in [0.3, 0.4) is 0 Å². The number of nitrogens with zero attached hydrogens (tertiary/aromatic N) is 2. The molecule has 0 atom stereocenters. The van der Waals surface area contributed by atoms with Crippen LogP contribution in [-0.2, 0) is 11.2 Å². The van der Waals surface area contributed by atoms with Gasteiger partial charge in [0.15, 0.2) is 4.96 Å². The summed E-state index contributed by atoms with van der Waals surface area (Å²) in [6, 6.07) is 8.15. The fraction of sp³-hybridized carbons (Fsp3) is 0.0769. The van der Waals surface area contributed by atoms with E-state index >= 15 is 0 Å². The lowest BCUT2D eigenvalue weighted by Crippen LogP contribution is -1.97. The molecule has 2 heterocycles. The second kappa shape index (κ2) is 4.93. The maximum absolute atomic E-state index is 10.7. The van der Waals surface area contributed by atoms with Crippen LogP contribution in [0.15, 0.2) is 36.7 Å². The van der Waals surface area contributed by atoms with Crippen molar-refractivity contribution in [3.63, 3.8) is 0 Å². The molecule has 1 aromatic carbocycles. The molecule has 0 aliphatic carbocycles. The van der Waals surface area contributed by atoms with Gasteiger partial charge >= 0.3 is 5.97 Å². The largest absolute Gasteiger partial charge is 0.481 e. The average Bonchev–Trinajstić information content (AvgIpc) is 2.86. The van der Waals surface area contributed by atoms with Crippen molar-refractivity contribution in [2.45, 2.75) is 6.42 Å². The minimum Gasteiger partial charge on any atom is -0.481 e. The lowest BCUT2D eigenvalue weighted by molar-refractivity contribution is -0.136. The first kappa shape index (κ1) is 12.6. The van der Waals surface area contributed by atoms with Crippen LogP contribution >= 0.6 is 33.9 Å². The summed E-state index contributed by atoms with van der Waals surface area (Å²) >= 11 is 3.68. The first-order valence-corrected chi connectivity index (χ1v) is 7.46. The van der Waals surface area contributed by atoms with Gasteiger partial charge in [0.25, 0.3) is 0 Å². The predicted octanol–water partition coefficient (Wildman–Crippen LogP) is 3.29. The van der Waals surface area contributed by atoms with Crippen molar-refractivity contribution in [3.05, 3.63) is 45.1 Å². The van der Waals surface area contributed by atoms with E-state index < -0.39 is 5.97 Å². The third kappa shape index (κ3) is 2.64. The summed E-state index contributed by atoms with van der Waals surface area (Å²) in [6.45, 7) is 0. The molecule has 0 amide bonds. The van der Waals surface area contributed by atoms with E-state index in [-0.39, 0.29) is 6.42 Å². The molecule has 1 N–H and O–H groups in total. The van der Waals surface area contributed by atoms with Gasteiger partial charge in [-0.25, -0.2) is 4.98 Å². The number of rotatable bonds is 3. The summed E-state index contributed by atoms with van der Waals surface area (Å²) in [4.78, 5) is 16.8. The van der Waals surface area contributed by atoms with Crippen LogP contribution in [0.2, 0.25) is 0 Å². The molecule has 96 valence electrons. The summed E-state index contributed by atoms with van der Waals surface area (Å²) in [6.07, 6.45) is 3.81. The predicted molar refractivity (Wildman–Crippen MR) is 82.6 cm³/mol. The van der Waals surface area contributed by atoms with Crippen LogP contribution in [-0.4, -0.2) is 20.5 Å². The Morgan fingerprint density at radius 2 is 2.05 bits per heavy atom. The number of carboxylic acid groups (broad SMARTS) is 1. The fourth-order valence-electron chi connectivity index (χ4n) is 1.83. The summed E-state index contributed by atoms with van der Waals surface area (Å²) in [7, 11) is 0. The van der Waals surface area contributed by atoms with Gasteiger partial charge < -0.3 is 5.11 Å². The third-order valence-electron chi connectivity index (χ3n) is 2.67. The highest BCUT2D eigenvalue weighted by Gasteiger charge is 2.10. The van der Waals surface area contributed by atoms with Gasteiger partial charge in [0, 0.05) is 26.4 Å². The number of aromatic nitrogens is 2. The van der Waals surface area contributed by atoms with E-state index in [9.17, 15) is 4.79 Å². The molecule has 4 nitrogen and oxygen atoms in total. The van der Waals surface area contributed by atoms with Crippen LogP contribution in [0.25, 0.3) is 16.2 Å². The molecule has 0 aliphatic rings. The minimum absolute atomic E-state index is 0.0485. The van der Waals surface area contributed by atoms with Crippen molar-refractivity contribution >= 4 is 44.9 Å². The number of carboxylic acids is 1. The Labute approximate surface area is 126 Å². The van der Waals surface area contributed by atoms with Crippen LogP contribution in [0, 0.1) is 3.57 Å². The molecule has 6 heteroatoms. The van der Waals surface area contributed by atoms with Crippen LogP contribution < -0.4 is 0 Å². The van der Waals surface area contributed by atoms with E-state index in [0.717, 1.165) is 21.1 Å². The monoisotopic (exact) mass is 384 g/mol. The van der Waals surface area contributed by atoms with E-state index in [1.165, 1.54) is 14.9 Å². The molecule has 0 saturated heterocycles. The normalized spacial score (nSPS) is 11.0. The number of fused-ring (bicyclic) bond motifs is 1. The maximum atomic E-state index is 10.7. The summed E-state index contributed by atoms with van der Waals surface area (Å²) < 4.78 is 3.07. The van der Waals surface area contributed by atoms with E-state index in [1.807, 2.05) is 41.1 Å². The number of carbonyl (C=O) groups is 1. The Kier molecular flexibility index (Phi) is 3.28. The van der Waals surface area contributed by atoms with E-state index in [1.54, 1.807) is 0 Å². The van der Waals surface area contributed by atoms with Crippen molar-refractivity contribution < 1.29 is 9.90 Å². The molecule has 0 fully saturated rings. The Morgan fingerprint density at radius 3 is 2.68 bits per heavy atom. The Morgan fingerprint density at radius 1 is 1.32 bits per heavy atom. The topological polar surface area (TPSA) is 54.6 Å². The van der Waals surface area contributed by atoms with Gasteiger partial charge in [-0.3, -0.25) is 9.20 Å². The molecule has 2 aromatic heterocycles. The van der Waals surface area contributed by atoms with Crippen molar-refractivity contribution in [2.24, 2.45) is 0 Å². The number of hydrogen-bond acceptors (Lipinski definition) is 3. The number of imidazole rings is 1. The lowest BCUT2D eigenvalue weighted by Gasteiger charge is -1.95. The summed E-state index contributed by atoms with van der Waals surface area (Å²) in [5, 5.41) is 8.76. The van der Waals surface area contributed by atoms with Gasteiger partial charge in [0.1, 0.15) is 0 Å². The zero-order chi connectivity index (χ0) is 13.4. The number of aliphatic carboxylic acids is 1. The average molecular weight is 384 g/mol. The smallest absolute Gasteiger partial charge is 0.308 e. The van der Waals surface area contributed by atoms with Crippen molar-refractivity contribution in [2.75, 3.05) is 0 Å². The molecule has 0 aliphatic heterocycles. The molecule has 0 spiro atoms. The number of thiazole rings is 1. The molecular weight excluding hydrogens is 375 g/mol. The second-order valence-corrected chi connectivity index (χ2v) is 6.43. The second-order valence-electron chi connectivity index (χ2n) is 4.09. The molecule has 0 bridgehead atoms. The van der Waals surface area contributed by atoms with Gasteiger partial charge in [-0.05, 0) is 34.7 Å². The molecular formula is C13H9IN2O2S. The van der Waals surface area contributed by atoms with Gasteiger partial charge in [-0.1, -0.05) is 12.1 Å². The zero-order valence-electron chi connectivity index (χ0n) is 9.71. The van der Waals surface area contributed by atoms with Crippen LogP contribution in [0.4, 0.5) is 0 Å². The molecule has 0 unspecified atom stereocenters. The quantitative estimate of drug-likeness (QED) is 0.706. The molecule has 3 rings (SSSR count). The van der Waals surface area contributed by atoms with Gasteiger partial charge in [-0.15, -0.1) is 11.3 Å². The molecule has 0 radical (unpaired) electrons. The SMILES string of the molecule is O=C(O)Cc1cn2cc(-c3ccc(I)cc3)nc2s1. The van der Waals surface area contributed by atoms with Crippen LogP contribution in [0.1, 0.15) is 4.88 Å². The molecule has 0 saturated carbocycles.